The number of hydrogen-bond acceptors (Lipinski definition) is 7. The van der Waals surface area contributed by atoms with E-state index < -0.39 is 0 Å². The summed E-state index contributed by atoms with van der Waals surface area (Å²) in [7, 11) is 0. The summed E-state index contributed by atoms with van der Waals surface area (Å²) in [5.41, 5.74) is 9.02. The maximum Gasteiger partial charge on any atom is 0.172 e. The van der Waals surface area contributed by atoms with E-state index in [4.69, 9.17) is 21.1 Å². The minimum Gasteiger partial charge on any atom is -0.398 e. The Morgan fingerprint density at radius 1 is 1.00 bits per heavy atom. The quantitative estimate of drug-likeness (QED) is 0.568. The van der Waals surface area contributed by atoms with Gasteiger partial charge < -0.3 is 26.3 Å². The summed E-state index contributed by atoms with van der Waals surface area (Å²) in [4.78, 5) is 14.6. The summed E-state index contributed by atoms with van der Waals surface area (Å²) in [5.74, 6) is 1.98. The molecule has 7 nitrogen and oxygen atoms in total. The molecule has 0 aliphatic carbocycles. The Balaban J connectivity index is 1.75. The van der Waals surface area contributed by atoms with Crippen LogP contribution in [0.3, 0.4) is 0 Å². The third kappa shape index (κ3) is 3.73. The van der Waals surface area contributed by atoms with Crippen molar-refractivity contribution in [1.29, 1.82) is 5.41 Å². The van der Waals surface area contributed by atoms with Crippen molar-refractivity contribution in [1.82, 2.24) is 15.3 Å². The summed E-state index contributed by atoms with van der Waals surface area (Å²) in [5, 5.41) is 11.0. The van der Waals surface area contributed by atoms with E-state index in [9.17, 15) is 0 Å². The van der Waals surface area contributed by atoms with E-state index in [1.54, 1.807) is 0 Å². The van der Waals surface area contributed by atoms with Crippen LogP contribution in [0.15, 0.2) is 24.4 Å². The largest absolute Gasteiger partial charge is 0.398 e. The highest BCUT2D eigenvalue weighted by molar-refractivity contribution is 5.87. The summed E-state index contributed by atoms with van der Waals surface area (Å²) in [6.07, 6.45) is 6.67. The first-order valence-corrected chi connectivity index (χ1v) is 9.74. The lowest BCUT2D eigenvalue weighted by Crippen LogP contribution is -2.32. The summed E-state index contributed by atoms with van der Waals surface area (Å²) in [6.45, 7) is 6.03. The molecule has 4 rings (SSSR count). The van der Waals surface area contributed by atoms with Gasteiger partial charge in [-0.25, -0.2) is 9.97 Å². The van der Waals surface area contributed by atoms with Crippen LogP contribution < -0.4 is 20.9 Å². The number of nitrogens with zero attached hydrogens (tertiary/aromatic N) is 4. The van der Waals surface area contributed by atoms with Gasteiger partial charge in [0.2, 0.25) is 0 Å². The van der Waals surface area contributed by atoms with Crippen LogP contribution in [0.2, 0.25) is 0 Å². The molecule has 4 N–H and O–H groups in total. The van der Waals surface area contributed by atoms with Crippen LogP contribution in [0.1, 0.15) is 24.8 Å². The highest BCUT2D eigenvalue weighted by atomic mass is 15.3. The molecule has 0 bridgehead atoms. The molecule has 0 spiro atoms. The van der Waals surface area contributed by atoms with E-state index in [2.05, 4.69) is 15.1 Å². The average Bonchev–Trinajstić information content (AvgIpc) is 3.10. The van der Waals surface area contributed by atoms with Gasteiger partial charge in [-0.3, -0.25) is 0 Å². The Morgan fingerprint density at radius 3 is 2.59 bits per heavy atom. The van der Waals surface area contributed by atoms with Crippen LogP contribution in [-0.4, -0.2) is 55.5 Å². The molecule has 7 heteroatoms. The van der Waals surface area contributed by atoms with E-state index in [1.807, 2.05) is 24.4 Å². The van der Waals surface area contributed by atoms with Gasteiger partial charge in [-0.2, -0.15) is 0 Å². The van der Waals surface area contributed by atoms with Crippen molar-refractivity contribution in [2.45, 2.75) is 19.3 Å². The molecule has 2 aliphatic heterocycles. The van der Waals surface area contributed by atoms with Crippen LogP contribution in [0.4, 0.5) is 17.3 Å². The topological polar surface area (TPSA) is 94.2 Å². The Bertz CT molecular complexity index is 806. The van der Waals surface area contributed by atoms with E-state index in [0.29, 0.717) is 11.3 Å². The fourth-order valence-corrected chi connectivity index (χ4v) is 3.79. The van der Waals surface area contributed by atoms with Crippen LogP contribution in [0, 0.1) is 5.41 Å². The summed E-state index contributed by atoms with van der Waals surface area (Å²) in [6, 6.07) is 5.70. The molecule has 3 heterocycles. The Hall–Kier alpha value is -2.67. The second-order valence-corrected chi connectivity index (χ2v) is 7.18. The fraction of sp³-hybridized carbons (Fsp3) is 0.450. The van der Waals surface area contributed by atoms with Gasteiger partial charge in [0.15, 0.2) is 11.6 Å². The first kappa shape index (κ1) is 17.7. The van der Waals surface area contributed by atoms with Crippen LogP contribution in [0.5, 0.6) is 0 Å². The molecular formula is C20H27N7. The molecule has 2 fully saturated rings. The molecule has 0 atom stereocenters. The SMILES string of the molecule is N=Cc1cc(-c2cnc(N3CCCC3)c(N3CCCNCC3)n2)ccc1N. The molecule has 2 saturated heterocycles. The number of nitrogen functional groups attached to an aromatic ring is 1. The lowest BCUT2D eigenvalue weighted by Gasteiger charge is -2.27. The fourth-order valence-electron chi connectivity index (χ4n) is 3.79. The predicted octanol–water partition coefficient (Wildman–Crippen LogP) is 2.12. The molecule has 2 aliphatic rings. The van der Waals surface area contributed by atoms with E-state index in [0.717, 1.165) is 68.6 Å². The molecule has 2 aromatic rings. The number of nitrogens with two attached hydrogens (primary N) is 1. The van der Waals surface area contributed by atoms with Gasteiger partial charge in [-0.15, -0.1) is 0 Å². The highest BCUT2D eigenvalue weighted by Gasteiger charge is 2.23. The van der Waals surface area contributed by atoms with E-state index in [-0.39, 0.29) is 0 Å². The van der Waals surface area contributed by atoms with Gasteiger partial charge in [0.25, 0.3) is 0 Å². The third-order valence-electron chi connectivity index (χ3n) is 5.32. The van der Waals surface area contributed by atoms with Crippen molar-refractivity contribution in [3.8, 4) is 11.3 Å². The maximum absolute atomic E-state index is 7.56. The molecule has 1 aromatic carbocycles. The van der Waals surface area contributed by atoms with Gasteiger partial charge >= 0.3 is 0 Å². The maximum atomic E-state index is 7.56. The molecule has 142 valence electrons. The Labute approximate surface area is 160 Å². The normalized spacial score (nSPS) is 17.8. The first-order valence-electron chi connectivity index (χ1n) is 9.74. The highest BCUT2D eigenvalue weighted by Crippen LogP contribution is 2.31. The third-order valence-corrected chi connectivity index (χ3v) is 5.32. The number of rotatable bonds is 4. The van der Waals surface area contributed by atoms with Crippen molar-refractivity contribution >= 4 is 23.5 Å². The predicted molar refractivity (Wildman–Crippen MR) is 111 cm³/mol. The molecule has 0 radical (unpaired) electrons. The minimum atomic E-state index is 0.606. The molecule has 0 saturated carbocycles. The van der Waals surface area contributed by atoms with E-state index >= 15 is 0 Å². The zero-order valence-corrected chi connectivity index (χ0v) is 15.6. The number of hydrogen-bond donors (Lipinski definition) is 3. The van der Waals surface area contributed by atoms with Crippen molar-refractivity contribution in [2.75, 3.05) is 54.8 Å². The summed E-state index contributed by atoms with van der Waals surface area (Å²) >= 11 is 0. The standard InChI is InChI=1S/C20H27N7/c21-13-16-12-15(4-5-17(16)22)18-14-24-19(26-8-1-2-9-26)20(25-18)27-10-3-6-23-7-11-27/h4-5,12-14,21,23H,1-3,6-11,22H2. The zero-order valence-electron chi connectivity index (χ0n) is 15.6. The Kier molecular flexibility index (Phi) is 5.20. The second-order valence-electron chi connectivity index (χ2n) is 7.18. The second kappa shape index (κ2) is 7.92. The smallest absolute Gasteiger partial charge is 0.172 e. The zero-order chi connectivity index (χ0) is 18.6. The first-order chi connectivity index (χ1) is 13.3. The van der Waals surface area contributed by atoms with Gasteiger partial charge in [0, 0.05) is 55.8 Å². The summed E-state index contributed by atoms with van der Waals surface area (Å²) < 4.78 is 0. The molecule has 0 amide bonds. The van der Waals surface area contributed by atoms with E-state index in [1.165, 1.54) is 19.1 Å². The van der Waals surface area contributed by atoms with Gasteiger partial charge in [-0.05, 0) is 37.9 Å². The lowest BCUT2D eigenvalue weighted by atomic mass is 10.1. The van der Waals surface area contributed by atoms with Crippen molar-refractivity contribution < 1.29 is 0 Å². The molecule has 27 heavy (non-hydrogen) atoms. The lowest BCUT2D eigenvalue weighted by molar-refractivity contribution is 0.724. The number of benzene rings is 1. The van der Waals surface area contributed by atoms with Crippen LogP contribution in [-0.2, 0) is 0 Å². The number of aromatic nitrogens is 2. The minimum absolute atomic E-state index is 0.606. The van der Waals surface area contributed by atoms with Crippen molar-refractivity contribution in [2.24, 2.45) is 0 Å². The van der Waals surface area contributed by atoms with Gasteiger partial charge in [-0.1, -0.05) is 6.07 Å². The van der Waals surface area contributed by atoms with Gasteiger partial charge in [0.1, 0.15) is 0 Å². The number of anilines is 3. The average molecular weight is 365 g/mol. The van der Waals surface area contributed by atoms with Crippen LogP contribution >= 0.6 is 0 Å². The molecular weight excluding hydrogens is 338 g/mol. The monoisotopic (exact) mass is 365 g/mol. The molecule has 1 aromatic heterocycles. The van der Waals surface area contributed by atoms with Crippen LogP contribution in [0.25, 0.3) is 11.3 Å². The Morgan fingerprint density at radius 2 is 1.78 bits per heavy atom. The molecule has 0 unspecified atom stereocenters. The van der Waals surface area contributed by atoms with Gasteiger partial charge in [0.05, 0.1) is 11.9 Å². The van der Waals surface area contributed by atoms with Crippen molar-refractivity contribution in [3.63, 3.8) is 0 Å². The number of nitrogens with one attached hydrogen (secondary N) is 2. The van der Waals surface area contributed by atoms with Crippen molar-refractivity contribution in [3.05, 3.63) is 30.0 Å².